The minimum Gasteiger partial charge on any atom is -0.481 e. The van der Waals surface area contributed by atoms with Crippen LogP contribution in [0, 0.1) is 10.1 Å². The lowest BCUT2D eigenvalue weighted by atomic mass is 9.95. The van der Waals surface area contributed by atoms with Crippen LogP contribution in [0.25, 0.3) is 0 Å². The number of benzene rings is 1. The van der Waals surface area contributed by atoms with Crippen molar-refractivity contribution < 1.29 is 14.8 Å². The Bertz CT molecular complexity index is 389. The summed E-state index contributed by atoms with van der Waals surface area (Å²) in [6, 6.07) is 5.94. The third kappa shape index (κ3) is 2.31. The molecule has 0 aliphatic carbocycles. The number of carbonyl (C=O) groups is 1. The Kier molecular flexibility index (Phi) is 3.38. The van der Waals surface area contributed by atoms with E-state index < -0.39 is 16.8 Å². The van der Waals surface area contributed by atoms with Crippen LogP contribution in [-0.4, -0.2) is 16.0 Å². The van der Waals surface area contributed by atoms with E-state index in [2.05, 4.69) is 0 Å². The number of rotatable bonds is 4. The number of nitro benzene ring substituents is 1. The van der Waals surface area contributed by atoms with Gasteiger partial charge >= 0.3 is 5.97 Å². The van der Waals surface area contributed by atoms with Crippen LogP contribution in [0.5, 0.6) is 0 Å². The molecule has 0 aliphatic rings. The van der Waals surface area contributed by atoms with Crippen molar-refractivity contribution in [3.8, 4) is 0 Å². The molecule has 0 unspecified atom stereocenters. The highest BCUT2D eigenvalue weighted by atomic mass is 16.6. The molecule has 1 rings (SSSR count). The molecule has 1 N–H and O–H groups in total. The molecule has 5 nitrogen and oxygen atoms in total. The Morgan fingerprint density at radius 1 is 1.53 bits per heavy atom. The van der Waals surface area contributed by atoms with Gasteiger partial charge in [0, 0.05) is 11.6 Å². The fourth-order valence-corrected chi connectivity index (χ4v) is 1.48. The van der Waals surface area contributed by atoms with E-state index >= 15 is 0 Å². The molecule has 0 heterocycles. The number of carboxylic acid groups (broad SMARTS) is 1. The van der Waals surface area contributed by atoms with Crippen molar-refractivity contribution in [2.75, 3.05) is 0 Å². The fraction of sp³-hybridized carbons (Fsp3) is 0.300. The first-order valence-corrected chi connectivity index (χ1v) is 4.54. The van der Waals surface area contributed by atoms with Gasteiger partial charge in [-0.2, -0.15) is 0 Å². The lowest BCUT2D eigenvalue weighted by Gasteiger charge is -2.09. The largest absolute Gasteiger partial charge is 0.481 e. The van der Waals surface area contributed by atoms with E-state index in [0.717, 1.165) is 0 Å². The Morgan fingerprint density at radius 2 is 2.13 bits per heavy atom. The van der Waals surface area contributed by atoms with Gasteiger partial charge in [0.25, 0.3) is 5.69 Å². The average Bonchev–Trinajstić information content (AvgIpc) is 2.18. The molecular weight excluding hydrogens is 198 g/mol. The van der Waals surface area contributed by atoms with Gasteiger partial charge in [0.2, 0.25) is 0 Å². The van der Waals surface area contributed by atoms with E-state index in [4.69, 9.17) is 5.11 Å². The maximum absolute atomic E-state index is 10.9. The van der Waals surface area contributed by atoms with Crippen LogP contribution in [0.15, 0.2) is 24.3 Å². The first-order valence-electron chi connectivity index (χ1n) is 4.54. The molecule has 0 fully saturated rings. The number of para-hydroxylation sites is 1. The summed E-state index contributed by atoms with van der Waals surface area (Å²) in [5.41, 5.74) is 0.129. The summed E-state index contributed by atoms with van der Waals surface area (Å²) < 4.78 is 0. The first-order chi connectivity index (χ1) is 7.07. The third-order valence-electron chi connectivity index (χ3n) is 2.22. The van der Waals surface area contributed by atoms with Crippen molar-refractivity contribution in [1.29, 1.82) is 0 Å². The molecule has 1 aromatic rings. The number of nitro groups is 1. The Morgan fingerprint density at radius 3 is 2.60 bits per heavy atom. The van der Waals surface area contributed by atoms with Crippen LogP contribution in [0.3, 0.4) is 0 Å². The molecule has 15 heavy (non-hydrogen) atoms. The average molecular weight is 209 g/mol. The van der Waals surface area contributed by atoms with Crippen molar-refractivity contribution in [2.24, 2.45) is 0 Å². The summed E-state index contributed by atoms with van der Waals surface area (Å²) in [7, 11) is 0. The summed E-state index contributed by atoms with van der Waals surface area (Å²) in [6.45, 7) is 1.69. The summed E-state index contributed by atoms with van der Waals surface area (Å²) in [4.78, 5) is 21.0. The van der Waals surface area contributed by atoms with E-state index in [-0.39, 0.29) is 11.3 Å². The maximum Gasteiger partial charge on any atom is 0.311 e. The van der Waals surface area contributed by atoms with Crippen molar-refractivity contribution in [2.45, 2.75) is 19.3 Å². The van der Waals surface area contributed by atoms with E-state index in [1.807, 2.05) is 0 Å². The molecule has 0 bridgehead atoms. The van der Waals surface area contributed by atoms with Crippen LogP contribution in [0.2, 0.25) is 0 Å². The highest BCUT2D eigenvalue weighted by Gasteiger charge is 2.25. The van der Waals surface area contributed by atoms with Crippen LogP contribution in [0.4, 0.5) is 5.69 Å². The lowest BCUT2D eigenvalue weighted by molar-refractivity contribution is -0.385. The normalized spacial score (nSPS) is 12.1. The number of aliphatic carboxylic acids is 1. The van der Waals surface area contributed by atoms with Gasteiger partial charge in [-0.05, 0) is 6.42 Å². The Balaban J connectivity index is 3.22. The molecule has 0 saturated carbocycles. The SMILES string of the molecule is CC[C@@H](C(=O)O)c1ccccc1[N+](=O)[O-]. The summed E-state index contributed by atoms with van der Waals surface area (Å²) in [5, 5.41) is 19.6. The first kappa shape index (κ1) is 11.2. The zero-order valence-corrected chi connectivity index (χ0v) is 8.21. The van der Waals surface area contributed by atoms with Crippen LogP contribution < -0.4 is 0 Å². The summed E-state index contributed by atoms with van der Waals surface area (Å²) in [5.74, 6) is -1.85. The van der Waals surface area contributed by atoms with Gasteiger partial charge in [-0.25, -0.2) is 0 Å². The fourth-order valence-electron chi connectivity index (χ4n) is 1.48. The number of hydrogen-bond acceptors (Lipinski definition) is 3. The second kappa shape index (κ2) is 4.54. The summed E-state index contributed by atoms with van der Waals surface area (Å²) in [6.07, 6.45) is 0.334. The van der Waals surface area contributed by atoms with Crippen molar-refractivity contribution in [3.05, 3.63) is 39.9 Å². The van der Waals surface area contributed by atoms with Crippen LogP contribution in [-0.2, 0) is 4.79 Å². The predicted octanol–water partition coefficient (Wildman–Crippen LogP) is 2.17. The minimum absolute atomic E-state index is 0.133. The highest BCUT2D eigenvalue weighted by molar-refractivity contribution is 5.77. The van der Waals surface area contributed by atoms with Gasteiger partial charge in [-0.3, -0.25) is 14.9 Å². The van der Waals surface area contributed by atoms with E-state index in [0.29, 0.717) is 6.42 Å². The molecule has 0 saturated heterocycles. The van der Waals surface area contributed by atoms with E-state index in [1.54, 1.807) is 13.0 Å². The predicted molar refractivity (Wildman–Crippen MR) is 53.8 cm³/mol. The topological polar surface area (TPSA) is 80.4 Å². The summed E-state index contributed by atoms with van der Waals surface area (Å²) >= 11 is 0. The smallest absolute Gasteiger partial charge is 0.311 e. The van der Waals surface area contributed by atoms with Gasteiger partial charge in [-0.1, -0.05) is 25.1 Å². The highest BCUT2D eigenvalue weighted by Crippen LogP contribution is 2.28. The maximum atomic E-state index is 10.9. The van der Waals surface area contributed by atoms with E-state index in [1.165, 1.54) is 18.2 Å². The minimum atomic E-state index is -1.04. The van der Waals surface area contributed by atoms with Crippen molar-refractivity contribution >= 4 is 11.7 Å². The molecular formula is C10H11NO4. The molecule has 5 heteroatoms. The lowest BCUT2D eigenvalue weighted by Crippen LogP contribution is -2.12. The molecule has 0 aliphatic heterocycles. The van der Waals surface area contributed by atoms with Crippen molar-refractivity contribution in [1.82, 2.24) is 0 Å². The van der Waals surface area contributed by atoms with Crippen LogP contribution >= 0.6 is 0 Å². The zero-order chi connectivity index (χ0) is 11.4. The molecule has 0 aromatic heterocycles. The quantitative estimate of drug-likeness (QED) is 0.608. The van der Waals surface area contributed by atoms with Gasteiger partial charge in [0.05, 0.1) is 10.8 Å². The second-order valence-electron chi connectivity index (χ2n) is 3.11. The monoisotopic (exact) mass is 209 g/mol. The Labute approximate surface area is 86.5 Å². The Hall–Kier alpha value is -1.91. The molecule has 0 radical (unpaired) electrons. The van der Waals surface area contributed by atoms with E-state index in [9.17, 15) is 14.9 Å². The zero-order valence-electron chi connectivity index (χ0n) is 8.21. The van der Waals surface area contributed by atoms with Crippen LogP contribution in [0.1, 0.15) is 24.8 Å². The van der Waals surface area contributed by atoms with Gasteiger partial charge < -0.3 is 5.11 Å². The van der Waals surface area contributed by atoms with Crippen molar-refractivity contribution in [3.63, 3.8) is 0 Å². The molecule has 0 spiro atoms. The third-order valence-corrected chi connectivity index (χ3v) is 2.22. The molecule has 1 atom stereocenters. The van der Waals surface area contributed by atoms with Gasteiger partial charge in [0.15, 0.2) is 0 Å². The number of nitrogens with zero attached hydrogens (tertiary/aromatic N) is 1. The number of hydrogen-bond donors (Lipinski definition) is 1. The molecule has 1 aromatic carbocycles. The second-order valence-corrected chi connectivity index (χ2v) is 3.11. The molecule has 0 amide bonds. The van der Waals surface area contributed by atoms with Gasteiger partial charge in [0.1, 0.15) is 0 Å². The molecule has 80 valence electrons. The standard InChI is InChI=1S/C10H11NO4/c1-2-7(10(12)13)8-5-3-4-6-9(8)11(14)15/h3-7H,2H2,1H3,(H,12,13)/t7-/m1/s1. The number of carboxylic acids is 1. The van der Waals surface area contributed by atoms with Gasteiger partial charge in [-0.15, -0.1) is 0 Å².